The predicted octanol–water partition coefficient (Wildman–Crippen LogP) is 0.0516. The summed E-state index contributed by atoms with van der Waals surface area (Å²) in [4.78, 5) is 51.1. The highest BCUT2D eigenvalue weighted by Crippen LogP contribution is 2.35. The minimum absolute atomic E-state index is 0.0773. The van der Waals surface area contributed by atoms with E-state index in [0.29, 0.717) is 38.8 Å². The van der Waals surface area contributed by atoms with E-state index in [2.05, 4.69) is 0 Å². The third-order valence-electron chi connectivity index (χ3n) is 5.40. The van der Waals surface area contributed by atoms with Gasteiger partial charge < -0.3 is 10.6 Å². The second kappa shape index (κ2) is 6.75. The van der Waals surface area contributed by atoms with Crippen LogP contribution >= 0.6 is 0 Å². The molecule has 0 saturated carbocycles. The van der Waals surface area contributed by atoms with E-state index in [1.807, 2.05) is 12.2 Å². The van der Waals surface area contributed by atoms with E-state index in [4.69, 9.17) is 5.73 Å². The molecule has 2 fully saturated rings. The van der Waals surface area contributed by atoms with Crippen molar-refractivity contribution in [3.63, 3.8) is 0 Å². The first-order valence-corrected chi connectivity index (χ1v) is 8.56. The fourth-order valence-corrected chi connectivity index (χ4v) is 3.87. The molecule has 0 unspecified atom stereocenters. The monoisotopic (exact) mass is 333 g/mol. The first kappa shape index (κ1) is 16.7. The molecule has 0 bridgehead atoms. The molecule has 2 saturated heterocycles. The number of carbonyl (C=O) groups is 4. The Morgan fingerprint density at radius 1 is 1.04 bits per heavy atom. The number of primary amides is 1. The quantitative estimate of drug-likeness (QED) is 0.580. The Kier molecular flexibility index (Phi) is 4.69. The highest BCUT2D eigenvalue weighted by molar-refractivity contribution is 6.05. The first-order chi connectivity index (χ1) is 11.5. The lowest BCUT2D eigenvalue weighted by atomic mass is 9.85. The largest absolute Gasteiger partial charge is 0.369 e. The Labute approximate surface area is 140 Å². The fraction of sp³-hybridized carbons (Fsp3) is 0.647. The smallest absolute Gasteiger partial charge is 0.233 e. The van der Waals surface area contributed by atoms with Crippen molar-refractivity contribution >= 4 is 23.6 Å². The van der Waals surface area contributed by atoms with E-state index in [1.54, 1.807) is 4.90 Å². The Balaban J connectivity index is 1.51. The van der Waals surface area contributed by atoms with Gasteiger partial charge in [0.05, 0.1) is 11.8 Å². The number of likely N-dealkylation sites (tertiary alicyclic amines) is 2. The maximum atomic E-state index is 12.4. The SMILES string of the molecule is NC(=O)C1CCN(C(=O)CCN2C(=O)[C@@H]3CC=CC[C@H]3C2=O)CC1. The normalized spacial score (nSPS) is 27.5. The van der Waals surface area contributed by atoms with Gasteiger partial charge in [-0.3, -0.25) is 24.1 Å². The molecule has 2 aliphatic heterocycles. The molecule has 2 heterocycles. The van der Waals surface area contributed by atoms with Crippen LogP contribution in [0.2, 0.25) is 0 Å². The molecule has 0 aromatic heterocycles. The minimum Gasteiger partial charge on any atom is -0.369 e. The summed E-state index contributed by atoms with van der Waals surface area (Å²) in [5.74, 6) is -1.33. The van der Waals surface area contributed by atoms with Crippen molar-refractivity contribution in [2.45, 2.75) is 32.1 Å². The molecular weight excluding hydrogens is 310 g/mol. The van der Waals surface area contributed by atoms with Gasteiger partial charge in [-0.15, -0.1) is 0 Å². The van der Waals surface area contributed by atoms with Gasteiger partial charge in [-0.2, -0.15) is 0 Å². The van der Waals surface area contributed by atoms with Crippen LogP contribution in [0.25, 0.3) is 0 Å². The molecule has 0 aromatic carbocycles. The van der Waals surface area contributed by atoms with Crippen LogP contribution in [-0.4, -0.2) is 53.1 Å². The summed E-state index contributed by atoms with van der Waals surface area (Å²) in [6.45, 7) is 1.16. The van der Waals surface area contributed by atoms with E-state index in [9.17, 15) is 19.2 Å². The van der Waals surface area contributed by atoms with Crippen molar-refractivity contribution in [2.24, 2.45) is 23.5 Å². The highest BCUT2D eigenvalue weighted by Gasteiger charge is 2.47. The zero-order valence-corrected chi connectivity index (χ0v) is 13.6. The molecule has 0 aromatic rings. The minimum atomic E-state index is -0.313. The number of imide groups is 1. The molecule has 24 heavy (non-hydrogen) atoms. The van der Waals surface area contributed by atoms with Crippen LogP contribution in [0.1, 0.15) is 32.1 Å². The Bertz CT molecular complexity index is 567. The molecule has 1 aliphatic carbocycles. The number of nitrogens with zero attached hydrogens (tertiary/aromatic N) is 2. The number of piperidine rings is 1. The van der Waals surface area contributed by atoms with Gasteiger partial charge in [-0.25, -0.2) is 0 Å². The van der Waals surface area contributed by atoms with Gasteiger partial charge in [-0.05, 0) is 25.7 Å². The predicted molar refractivity (Wildman–Crippen MR) is 85.2 cm³/mol. The summed E-state index contributed by atoms with van der Waals surface area (Å²) in [6, 6.07) is 0. The summed E-state index contributed by atoms with van der Waals surface area (Å²) in [5, 5.41) is 0. The molecule has 7 heteroatoms. The second-order valence-electron chi connectivity index (χ2n) is 6.79. The standard InChI is InChI=1S/C17H23N3O4/c18-15(22)11-5-8-19(9-6-11)14(21)7-10-20-16(23)12-3-1-2-4-13(12)17(20)24/h1-2,11-13H,3-10H2,(H2,18,22)/t12-,13-/m1/s1. The Morgan fingerprint density at radius 3 is 2.08 bits per heavy atom. The van der Waals surface area contributed by atoms with E-state index < -0.39 is 0 Å². The van der Waals surface area contributed by atoms with Gasteiger partial charge in [0.15, 0.2) is 0 Å². The van der Waals surface area contributed by atoms with Gasteiger partial charge in [0.2, 0.25) is 23.6 Å². The molecule has 3 aliphatic rings. The van der Waals surface area contributed by atoms with Gasteiger partial charge >= 0.3 is 0 Å². The van der Waals surface area contributed by atoms with E-state index in [-0.39, 0.29) is 54.3 Å². The van der Waals surface area contributed by atoms with Crippen LogP contribution in [0.15, 0.2) is 12.2 Å². The Hall–Kier alpha value is -2.18. The van der Waals surface area contributed by atoms with Gasteiger partial charge in [-0.1, -0.05) is 12.2 Å². The van der Waals surface area contributed by atoms with Crippen molar-refractivity contribution in [2.75, 3.05) is 19.6 Å². The van der Waals surface area contributed by atoms with Crippen LogP contribution in [0.3, 0.4) is 0 Å². The number of fused-ring (bicyclic) bond motifs is 1. The van der Waals surface area contributed by atoms with Crippen LogP contribution in [0.4, 0.5) is 0 Å². The highest BCUT2D eigenvalue weighted by atomic mass is 16.2. The van der Waals surface area contributed by atoms with E-state index in [1.165, 1.54) is 4.90 Å². The van der Waals surface area contributed by atoms with Crippen molar-refractivity contribution in [3.8, 4) is 0 Å². The first-order valence-electron chi connectivity index (χ1n) is 8.56. The number of carbonyl (C=O) groups excluding carboxylic acids is 4. The lowest BCUT2D eigenvalue weighted by Crippen LogP contribution is -2.43. The zero-order valence-electron chi connectivity index (χ0n) is 13.6. The lowest BCUT2D eigenvalue weighted by Gasteiger charge is -2.31. The molecule has 3 rings (SSSR count). The van der Waals surface area contributed by atoms with E-state index >= 15 is 0 Å². The zero-order chi connectivity index (χ0) is 17.3. The summed E-state index contributed by atoms with van der Waals surface area (Å²) in [6.07, 6.45) is 6.43. The van der Waals surface area contributed by atoms with Gasteiger partial charge in [0.1, 0.15) is 0 Å². The van der Waals surface area contributed by atoms with Gasteiger partial charge in [0.25, 0.3) is 0 Å². The van der Waals surface area contributed by atoms with Crippen LogP contribution < -0.4 is 5.73 Å². The average Bonchev–Trinajstić information content (AvgIpc) is 2.84. The lowest BCUT2D eigenvalue weighted by molar-refractivity contribution is -0.141. The van der Waals surface area contributed by atoms with Crippen LogP contribution in [-0.2, 0) is 19.2 Å². The summed E-state index contributed by atoms with van der Waals surface area (Å²) in [5.41, 5.74) is 5.29. The number of hydrogen-bond donors (Lipinski definition) is 1. The molecular formula is C17H23N3O4. The van der Waals surface area contributed by atoms with Gasteiger partial charge in [0, 0.05) is 32.0 Å². The third-order valence-corrected chi connectivity index (χ3v) is 5.40. The molecule has 4 amide bonds. The molecule has 130 valence electrons. The molecule has 7 nitrogen and oxygen atoms in total. The maximum Gasteiger partial charge on any atom is 0.233 e. The van der Waals surface area contributed by atoms with Crippen molar-refractivity contribution < 1.29 is 19.2 Å². The number of hydrogen-bond acceptors (Lipinski definition) is 4. The number of amides is 4. The van der Waals surface area contributed by atoms with Crippen LogP contribution in [0, 0.1) is 17.8 Å². The number of allylic oxidation sites excluding steroid dienone is 2. The number of rotatable bonds is 4. The average molecular weight is 333 g/mol. The second-order valence-corrected chi connectivity index (χ2v) is 6.79. The Morgan fingerprint density at radius 2 is 1.58 bits per heavy atom. The topological polar surface area (TPSA) is 101 Å². The third kappa shape index (κ3) is 3.07. The molecule has 0 radical (unpaired) electrons. The molecule has 0 spiro atoms. The van der Waals surface area contributed by atoms with Crippen molar-refractivity contribution in [3.05, 3.63) is 12.2 Å². The van der Waals surface area contributed by atoms with Crippen molar-refractivity contribution in [1.29, 1.82) is 0 Å². The summed E-state index contributed by atoms with van der Waals surface area (Å²) in [7, 11) is 0. The van der Waals surface area contributed by atoms with E-state index in [0.717, 1.165) is 0 Å². The van der Waals surface area contributed by atoms with Crippen molar-refractivity contribution in [1.82, 2.24) is 9.80 Å². The summed E-state index contributed by atoms with van der Waals surface area (Å²) < 4.78 is 0. The number of nitrogens with two attached hydrogens (primary N) is 1. The fourth-order valence-electron chi connectivity index (χ4n) is 3.87. The molecule has 2 N–H and O–H groups in total. The summed E-state index contributed by atoms with van der Waals surface area (Å²) >= 11 is 0. The maximum absolute atomic E-state index is 12.4. The van der Waals surface area contributed by atoms with Crippen LogP contribution in [0.5, 0.6) is 0 Å². The molecule has 2 atom stereocenters.